The van der Waals surface area contributed by atoms with E-state index in [4.69, 9.17) is 0 Å². The van der Waals surface area contributed by atoms with E-state index < -0.39 is 11.7 Å². The minimum absolute atomic E-state index is 0.0360. The van der Waals surface area contributed by atoms with E-state index in [1.807, 2.05) is 6.92 Å². The molecule has 1 aromatic rings. The highest BCUT2D eigenvalue weighted by molar-refractivity contribution is 9.10. The zero-order valence-corrected chi connectivity index (χ0v) is 14.1. The Balaban J connectivity index is 2.58. The molecule has 120 valence electrons. The van der Waals surface area contributed by atoms with E-state index in [0.29, 0.717) is 4.47 Å². The molecule has 0 amide bonds. The molecule has 0 aromatic heterocycles. The van der Waals surface area contributed by atoms with Gasteiger partial charge in [-0.15, -0.1) is 0 Å². The van der Waals surface area contributed by atoms with E-state index in [1.165, 1.54) is 25.3 Å². The number of nitrogens with one attached hydrogen (secondary N) is 1. The first-order chi connectivity index (χ1) is 9.84. The van der Waals surface area contributed by atoms with Crippen LogP contribution in [0.2, 0.25) is 0 Å². The Morgan fingerprint density at radius 3 is 2.43 bits per heavy atom. The summed E-state index contributed by atoms with van der Waals surface area (Å²) in [4.78, 5) is 0. The quantitative estimate of drug-likeness (QED) is 0.509. The lowest BCUT2D eigenvalue weighted by molar-refractivity contribution is -0.137. The van der Waals surface area contributed by atoms with Crippen molar-refractivity contribution in [2.24, 2.45) is 0 Å². The molecule has 0 saturated carbocycles. The predicted octanol–water partition coefficient (Wildman–Crippen LogP) is 6.63. The van der Waals surface area contributed by atoms with Crippen LogP contribution in [0, 0.1) is 0 Å². The third-order valence-corrected chi connectivity index (χ3v) is 3.92. The number of hydrogen-bond acceptors (Lipinski definition) is 1. The summed E-state index contributed by atoms with van der Waals surface area (Å²) in [5.74, 6) is 0. The smallest absolute Gasteiger partial charge is 0.382 e. The molecule has 1 rings (SSSR count). The fourth-order valence-electron chi connectivity index (χ4n) is 2.27. The molecule has 1 atom stereocenters. The van der Waals surface area contributed by atoms with Crippen molar-refractivity contribution in [3.05, 3.63) is 28.2 Å². The number of rotatable bonds is 8. The van der Waals surface area contributed by atoms with Gasteiger partial charge in [0.05, 0.1) is 5.56 Å². The predicted molar refractivity (Wildman–Crippen MR) is 85.6 cm³/mol. The Morgan fingerprint density at radius 2 is 1.81 bits per heavy atom. The molecule has 0 spiro atoms. The van der Waals surface area contributed by atoms with Gasteiger partial charge in [0.15, 0.2) is 0 Å². The number of benzene rings is 1. The Labute approximate surface area is 133 Å². The molecular weight excluding hydrogens is 343 g/mol. The van der Waals surface area contributed by atoms with Crippen LogP contribution in [0.15, 0.2) is 22.7 Å². The van der Waals surface area contributed by atoms with E-state index in [0.717, 1.165) is 25.3 Å². The topological polar surface area (TPSA) is 12.0 Å². The van der Waals surface area contributed by atoms with Gasteiger partial charge in [0.2, 0.25) is 0 Å². The van der Waals surface area contributed by atoms with Gasteiger partial charge in [0.1, 0.15) is 0 Å². The van der Waals surface area contributed by atoms with Crippen LogP contribution in [0.3, 0.4) is 0 Å². The van der Waals surface area contributed by atoms with E-state index >= 15 is 0 Å². The SMILES string of the molecule is CCCCCCCC(C)Nc1ccc(Br)cc1C(F)(F)F. The lowest BCUT2D eigenvalue weighted by atomic mass is 10.1. The zero-order valence-electron chi connectivity index (χ0n) is 12.6. The number of hydrogen-bond donors (Lipinski definition) is 1. The van der Waals surface area contributed by atoms with Crippen molar-refractivity contribution in [3.8, 4) is 0 Å². The van der Waals surface area contributed by atoms with Gasteiger partial charge in [-0.2, -0.15) is 13.2 Å². The van der Waals surface area contributed by atoms with E-state index in [2.05, 4.69) is 28.2 Å². The zero-order chi connectivity index (χ0) is 15.9. The molecule has 1 aromatic carbocycles. The van der Waals surface area contributed by atoms with Crippen LogP contribution in [0.1, 0.15) is 57.9 Å². The Morgan fingerprint density at radius 1 is 1.14 bits per heavy atom. The average Bonchev–Trinajstić information content (AvgIpc) is 2.39. The minimum atomic E-state index is -4.34. The average molecular weight is 366 g/mol. The van der Waals surface area contributed by atoms with Gasteiger partial charge in [-0.3, -0.25) is 0 Å². The van der Waals surface area contributed by atoms with Gasteiger partial charge in [-0.1, -0.05) is 55.0 Å². The van der Waals surface area contributed by atoms with Gasteiger partial charge < -0.3 is 5.32 Å². The second-order valence-electron chi connectivity index (χ2n) is 5.44. The highest BCUT2D eigenvalue weighted by Gasteiger charge is 2.33. The Bertz CT molecular complexity index is 432. The maximum Gasteiger partial charge on any atom is 0.418 e. The van der Waals surface area contributed by atoms with Crippen molar-refractivity contribution in [3.63, 3.8) is 0 Å². The van der Waals surface area contributed by atoms with E-state index in [9.17, 15) is 13.2 Å². The summed E-state index contributed by atoms with van der Waals surface area (Å²) in [6.07, 6.45) is 2.37. The highest BCUT2D eigenvalue weighted by Crippen LogP contribution is 2.37. The highest BCUT2D eigenvalue weighted by atomic mass is 79.9. The van der Waals surface area contributed by atoms with E-state index in [-0.39, 0.29) is 11.7 Å². The van der Waals surface area contributed by atoms with Crippen molar-refractivity contribution in [2.45, 2.75) is 64.6 Å². The van der Waals surface area contributed by atoms with Crippen LogP contribution < -0.4 is 5.32 Å². The van der Waals surface area contributed by atoms with Gasteiger partial charge in [-0.05, 0) is 31.5 Å². The summed E-state index contributed by atoms with van der Waals surface area (Å²) < 4.78 is 39.5. The maximum absolute atomic E-state index is 13.0. The first-order valence-electron chi connectivity index (χ1n) is 7.48. The monoisotopic (exact) mass is 365 g/mol. The molecule has 0 aliphatic rings. The van der Waals surface area contributed by atoms with Gasteiger partial charge in [-0.25, -0.2) is 0 Å². The third-order valence-electron chi connectivity index (χ3n) is 3.43. The second-order valence-corrected chi connectivity index (χ2v) is 6.35. The number of halogens is 4. The summed E-state index contributed by atoms with van der Waals surface area (Å²) in [6, 6.07) is 4.27. The summed E-state index contributed by atoms with van der Waals surface area (Å²) in [5.41, 5.74) is -0.457. The van der Waals surface area contributed by atoms with Crippen molar-refractivity contribution in [1.82, 2.24) is 0 Å². The lowest BCUT2D eigenvalue weighted by Crippen LogP contribution is -2.18. The fourth-order valence-corrected chi connectivity index (χ4v) is 2.63. The third kappa shape index (κ3) is 6.72. The van der Waals surface area contributed by atoms with Crippen LogP contribution in [-0.4, -0.2) is 6.04 Å². The van der Waals surface area contributed by atoms with Crippen LogP contribution in [-0.2, 0) is 6.18 Å². The molecule has 0 bridgehead atoms. The molecule has 5 heteroatoms. The molecule has 0 saturated heterocycles. The number of unbranched alkanes of at least 4 members (excludes halogenated alkanes) is 4. The molecule has 0 radical (unpaired) electrons. The largest absolute Gasteiger partial charge is 0.418 e. The molecule has 0 aliphatic heterocycles. The second kappa shape index (κ2) is 8.66. The van der Waals surface area contributed by atoms with Crippen molar-refractivity contribution < 1.29 is 13.2 Å². The summed E-state index contributed by atoms with van der Waals surface area (Å²) in [5, 5.41) is 2.99. The summed E-state index contributed by atoms with van der Waals surface area (Å²) in [7, 11) is 0. The van der Waals surface area contributed by atoms with Gasteiger partial charge in [0.25, 0.3) is 0 Å². The van der Waals surface area contributed by atoms with Gasteiger partial charge >= 0.3 is 6.18 Å². The first kappa shape index (κ1) is 18.3. The lowest BCUT2D eigenvalue weighted by Gasteiger charge is -2.19. The molecular formula is C16H23BrF3N. The van der Waals surface area contributed by atoms with Crippen LogP contribution >= 0.6 is 15.9 Å². The standard InChI is InChI=1S/C16H23BrF3N/c1-3-4-5-6-7-8-12(2)21-15-10-9-13(17)11-14(15)16(18,19)20/h9-12,21H,3-8H2,1-2H3. The molecule has 1 unspecified atom stereocenters. The molecule has 1 N–H and O–H groups in total. The van der Waals surface area contributed by atoms with E-state index in [1.54, 1.807) is 6.07 Å². The summed E-state index contributed by atoms with van der Waals surface area (Å²) in [6.45, 7) is 4.10. The molecule has 0 heterocycles. The molecule has 21 heavy (non-hydrogen) atoms. The minimum Gasteiger partial charge on any atom is -0.382 e. The van der Waals surface area contributed by atoms with Crippen molar-refractivity contribution in [2.75, 3.05) is 5.32 Å². The Hall–Kier alpha value is -0.710. The number of anilines is 1. The molecule has 0 fully saturated rings. The van der Waals surface area contributed by atoms with Gasteiger partial charge in [0, 0.05) is 16.2 Å². The molecule has 0 aliphatic carbocycles. The maximum atomic E-state index is 13.0. The van der Waals surface area contributed by atoms with Crippen LogP contribution in [0.4, 0.5) is 18.9 Å². The Kier molecular flexibility index (Phi) is 7.57. The van der Waals surface area contributed by atoms with Crippen molar-refractivity contribution in [1.29, 1.82) is 0 Å². The first-order valence-corrected chi connectivity index (χ1v) is 8.27. The van der Waals surface area contributed by atoms with Crippen LogP contribution in [0.25, 0.3) is 0 Å². The van der Waals surface area contributed by atoms with Crippen LogP contribution in [0.5, 0.6) is 0 Å². The van der Waals surface area contributed by atoms with Crippen molar-refractivity contribution >= 4 is 21.6 Å². The normalized spacial score (nSPS) is 13.2. The fraction of sp³-hybridized carbons (Fsp3) is 0.625. The molecule has 1 nitrogen and oxygen atoms in total. The number of alkyl halides is 3. The summed E-state index contributed by atoms with van der Waals surface area (Å²) >= 11 is 3.09.